The summed E-state index contributed by atoms with van der Waals surface area (Å²) in [5, 5.41) is 2.31. The van der Waals surface area contributed by atoms with Gasteiger partial charge in [-0.25, -0.2) is 9.59 Å². The van der Waals surface area contributed by atoms with Gasteiger partial charge in [0.1, 0.15) is 11.3 Å². The summed E-state index contributed by atoms with van der Waals surface area (Å²) >= 11 is 6.81. The van der Waals surface area contributed by atoms with Crippen LogP contribution in [0.3, 0.4) is 0 Å². The first-order valence-corrected chi connectivity index (χ1v) is 13.1. The van der Waals surface area contributed by atoms with E-state index in [4.69, 9.17) is 9.47 Å². The minimum Gasteiger partial charge on any atom is -0.497 e. The molecule has 5 rings (SSSR count). The molecule has 0 spiro atoms. The van der Waals surface area contributed by atoms with E-state index in [1.54, 1.807) is 36.4 Å². The maximum absolute atomic E-state index is 13.4. The third-order valence-electron chi connectivity index (χ3n) is 7.02. The van der Waals surface area contributed by atoms with Crippen molar-refractivity contribution in [3.63, 3.8) is 0 Å². The molecule has 2 aliphatic carbocycles. The maximum Gasteiger partial charge on any atom is 0.343 e. The van der Waals surface area contributed by atoms with E-state index in [0.29, 0.717) is 31.7 Å². The van der Waals surface area contributed by atoms with Crippen LogP contribution in [-0.2, 0) is 9.59 Å². The molecule has 8 nitrogen and oxygen atoms in total. The van der Waals surface area contributed by atoms with E-state index in [2.05, 4.69) is 37.2 Å². The van der Waals surface area contributed by atoms with Crippen molar-refractivity contribution in [3.8, 4) is 11.5 Å². The normalized spacial score (nSPS) is 24.3. The minimum atomic E-state index is -0.784. The zero-order valence-corrected chi connectivity index (χ0v) is 22.4. The van der Waals surface area contributed by atoms with E-state index in [9.17, 15) is 19.2 Å². The number of rotatable bonds is 5. The van der Waals surface area contributed by atoms with Crippen LogP contribution in [0.15, 0.2) is 50.9 Å². The zero-order chi connectivity index (χ0) is 25.6. The average Bonchev–Trinajstić information content (AvgIpc) is 3.47. The predicted molar refractivity (Wildman–Crippen MR) is 137 cm³/mol. The van der Waals surface area contributed by atoms with E-state index in [-0.39, 0.29) is 23.3 Å². The average molecular weight is 618 g/mol. The fourth-order valence-corrected chi connectivity index (χ4v) is 6.67. The van der Waals surface area contributed by atoms with Crippen molar-refractivity contribution in [1.29, 1.82) is 0 Å². The molecule has 186 valence electrons. The summed E-state index contributed by atoms with van der Waals surface area (Å²) in [4.78, 5) is 52.9. The molecule has 2 aromatic rings. The standard InChI is InChI=1S/C26H22Br2N2O6/c1-35-18-6-4-14(5-7-18)25(33)36-22-16(10-17(27)12-20(22)28)11-19-23(31)29-26(34)30(24(19)32)21-9-13-2-3-15(21)8-13/h4-7,10-13,15,21H,2-3,8-9H2,1H3,(H,29,31,34)/b19-11-/t13-,15-,21-/m0/s1. The third-order valence-corrected chi connectivity index (χ3v) is 8.07. The molecule has 1 N–H and O–H groups in total. The van der Waals surface area contributed by atoms with E-state index < -0.39 is 23.8 Å². The van der Waals surface area contributed by atoms with Gasteiger partial charge in [0, 0.05) is 16.1 Å². The Kier molecular flexibility index (Phi) is 6.74. The SMILES string of the molecule is COc1ccc(C(=O)Oc2c(Br)cc(Br)cc2/C=C2/C(=O)NC(=O)N([C@H]3C[C@H]4CC[C@H]3C4)C2=O)cc1. The van der Waals surface area contributed by atoms with Crippen LogP contribution in [-0.4, -0.2) is 41.9 Å². The lowest BCUT2D eigenvalue weighted by Gasteiger charge is -2.35. The van der Waals surface area contributed by atoms with Crippen molar-refractivity contribution in [2.75, 3.05) is 7.11 Å². The Labute approximate surface area is 224 Å². The number of nitrogens with zero attached hydrogens (tertiary/aromatic N) is 1. The van der Waals surface area contributed by atoms with Gasteiger partial charge in [-0.2, -0.15) is 0 Å². The summed E-state index contributed by atoms with van der Waals surface area (Å²) in [7, 11) is 1.53. The van der Waals surface area contributed by atoms with Crippen molar-refractivity contribution in [1.82, 2.24) is 10.2 Å². The van der Waals surface area contributed by atoms with Gasteiger partial charge in [-0.05, 0) is 89.5 Å². The number of urea groups is 1. The van der Waals surface area contributed by atoms with Gasteiger partial charge >= 0.3 is 12.0 Å². The first kappa shape index (κ1) is 24.7. The Morgan fingerprint density at radius 3 is 2.47 bits per heavy atom. The number of ether oxygens (including phenoxy) is 2. The molecule has 2 saturated carbocycles. The van der Waals surface area contributed by atoms with Gasteiger partial charge in [-0.3, -0.25) is 19.8 Å². The number of imide groups is 2. The zero-order valence-electron chi connectivity index (χ0n) is 19.3. The highest BCUT2D eigenvalue weighted by Gasteiger charge is 2.49. The second-order valence-electron chi connectivity index (χ2n) is 9.16. The Balaban J connectivity index is 1.48. The van der Waals surface area contributed by atoms with Crippen molar-refractivity contribution >= 4 is 61.8 Å². The Morgan fingerprint density at radius 2 is 1.83 bits per heavy atom. The number of methoxy groups -OCH3 is 1. The fraction of sp³-hybridized carbons (Fsp3) is 0.308. The predicted octanol–water partition coefficient (Wildman–Crippen LogP) is 5.09. The number of hydrogen-bond acceptors (Lipinski definition) is 6. The van der Waals surface area contributed by atoms with E-state index in [1.807, 2.05) is 0 Å². The number of carbonyl (C=O) groups is 4. The number of fused-ring (bicyclic) bond motifs is 2. The third kappa shape index (κ3) is 4.59. The number of halogens is 2. The summed E-state index contributed by atoms with van der Waals surface area (Å²) in [6.07, 6.45) is 5.21. The van der Waals surface area contributed by atoms with Crippen molar-refractivity contribution in [2.45, 2.75) is 31.7 Å². The highest BCUT2D eigenvalue weighted by Crippen LogP contribution is 2.47. The number of esters is 1. The van der Waals surface area contributed by atoms with Gasteiger partial charge in [0.15, 0.2) is 5.75 Å². The molecule has 1 heterocycles. The highest BCUT2D eigenvalue weighted by molar-refractivity contribution is 9.11. The highest BCUT2D eigenvalue weighted by atomic mass is 79.9. The molecule has 2 aromatic carbocycles. The molecule has 1 aliphatic heterocycles. The van der Waals surface area contributed by atoms with Crippen LogP contribution >= 0.6 is 31.9 Å². The van der Waals surface area contributed by atoms with Gasteiger partial charge in [0.25, 0.3) is 11.8 Å². The molecule has 3 aliphatic rings. The van der Waals surface area contributed by atoms with E-state index in [0.717, 1.165) is 25.7 Å². The number of amides is 4. The molecule has 0 aromatic heterocycles. The van der Waals surface area contributed by atoms with Gasteiger partial charge < -0.3 is 9.47 Å². The topological polar surface area (TPSA) is 102 Å². The summed E-state index contributed by atoms with van der Waals surface area (Å²) in [5.74, 6) is -0.541. The molecular formula is C26H22Br2N2O6. The van der Waals surface area contributed by atoms with Gasteiger partial charge in [-0.15, -0.1) is 0 Å². The Bertz CT molecular complexity index is 1310. The fourth-order valence-electron chi connectivity index (χ4n) is 5.33. The van der Waals surface area contributed by atoms with Crippen LogP contribution in [0.5, 0.6) is 11.5 Å². The van der Waals surface area contributed by atoms with Crippen LogP contribution in [0.4, 0.5) is 4.79 Å². The van der Waals surface area contributed by atoms with Gasteiger partial charge in [-0.1, -0.05) is 22.4 Å². The quantitative estimate of drug-likeness (QED) is 0.217. The second-order valence-corrected chi connectivity index (χ2v) is 10.9. The Hall–Kier alpha value is -2.98. The maximum atomic E-state index is 13.4. The molecule has 3 fully saturated rings. The number of carbonyl (C=O) groups excluding carboxylic acids is 4. The van der Waals surface area contributed by atoms with Crippen molar-refractivity contribution in [3.05, 3.63) is 62.0 Å². The summed E-state index contributed by atoms with van der Waals surface area (Å²) in [5.41, 5.74) is 0.423. The molecule has 0 radical (unpaired) electrons. The first-order chi connectivity index (χ1) is 17.2. The van der Waals surface area contributed by atoms with Crippen LogP contribution in [0.25, 0.3) is 6.08 Å². The monoisotopic (exact) mass is 616 g/mol. The second kappa shape index (κ2) is 9.82. The molecule has 10 heteroatoms. The number of hydrogen-bond donors (Lipinski definition) is 1. The lowest BCUT2D eigenvalue weighted by Crippen LogP contribution is -2.58. The van der Waals surface area contributed by atoms with Crippen molar-refractivity contribution in [2.24, 2.45) is 11.8 Å². The molecule has 0 unspecified atom stereocenters. The molecular weight excluding hydrogens is 596 g/mol. The molecule has 3 atom stereocenters. The molecule has 4 amide bonds. The van der Waals surface area contributed by atoms with Gasteiger partial charge in [0.2, 0.25) is 0 Å². The molecule has 2 bridgehead atoms. The number of barbiturate groups is 1. The molecule has 36 heavy (non-hydrogen) atoms. The summed E-state index contributed by atoms with van der Waals surface area (Å²) in [6.45, 7) is 0. The lowest BCUT2D eigenvalue weighted by molar-refractivity contribution is -0.132. The van der Waals surface area contributed by atoms with Gasteiger partial charge in [0.05, 0.1) is 17.1 Å². The van der Waals surface area contributed by atoms with Crippen LogP contribution in [0.2, 0.25) is 0 Å². The lowest BCUT2D eigenvalue weighted by atomic mass is 9.93. The van der Waals surface area contributed by atoms with Crippen LogP contribution in [0, 0.1) is 11.8 Å². The summed E-state index contributed by atoms with van der Waals surface area (Å²) < 4.78 is 11.9. The largest absolute Gasteiger partial charge is 0.497 e. The molecule has 1 saturated heterocycles. The van der Waals surface area contributed by atoms with Crippen molar-refractivity contribution < 1.29 is 28.7 Å². The first-order valence-electron chi connectivity index (χ1n) is 11.5. The van der Waals surface area contributed by atoms with Crippen LogP contribution in [0.1, 0.15) is 41.6 Å². The van der Waals surface area contributed by atoms with E-state index >= 15 is 0 Å². The van der Waals surface area contributed by atoms with Crippen LogP contribution < -0.4 is 14.8 Å². The number of benzene rings is 2. The van der Waals surface area contributed by atoms with E-state index in [1.165, 1.54) is 18.1 Å². The smallest absolute Gasteiger partial charge is 0.343 e. The minimum absolute atomic E-state index is 0.135. The number of nitrogens with one attached hydrogen (secondary N) is 1. The Morgan fingerprint density at radius 1 is 1.08 bits per heavy atom. The summed E-state index contributed by atoms with van der Waals surface area (Å²) in [6, 6.07) is 8.85.